The second kappa shape index (κ2) is 11.4. The van der Waals surface area contributed by atoms with Crippen molar-refractivity contribution < 1.29 is 23.6 Å². The summed E-state index contributed by atoms with van der Waals surface area (Å²) in [5.74, 6) is 0.715. The third-order valence-electron chi connectivity index (χ3n) is 5.64. The number of nitrogens with one attached hydrogen (secondary N) is 1. The van der Waals surface area contributed by atoms with E-state index in [1.165, 1.54) is 6.20 Å². The number of nitrogens with zero attached hydrogens (tertiary/aromatic N) is 3. The van der Waals surface area contributed by atoms with Crippen LogP contribution in [-0.2, 0) is 17.7 Å². The summed E-state index contributed by atoms with van der Waals surface area (Å²) in [4.78, 5) is 31.3. The van der Waals surface area contributed by atoms with Crippen molar-refractivity contribution in [2.24, 2.45) is 0 Å². The molecular weight excluding hydrogens is 436 g/mol. The Morgan fingerprint density at radius 1 is 1.24 bits per heavy atom. The molecule has 1 aromatic carbocycles. The van der Waals surface area contributed by atoms with Gasteiger partial charge in [-0.15, -0.1) is 0 Å². The van der Waals surface area contributed by atoms with Gasteiger partial charge in [0.05, 0.1) is 25.3 Å². The first-order valence-corrected chi connectivity index (χ1v) is 11.3. The van der Waals surface area contributed by atoms with E-state index in [1.807, 2.05) is 24.3 Å². The molecule has 2 aromatic heterocycles. The molecule has 1 unspecified atom stereocenters. The van der Waals surface area contributed by atoms with E-state index in [2.05, 4.69) is 15.5 Å². The lowest BCUT2D eigenvalue weighted by Gasteiger charge is -2.24. The van der Waals surface area contributed by atoms with Gasteiger partial charge in [-0.05, 0) is 49.1 Å². The van der Waals surface area contributed by atoms with Gasteiger partial charge in [0.15, 0.2) is 11.5 Å². The molecule has 0 radical (unpaired) electrons. The van der Waals surface area contributed by atoms with E-state index in [0.29, 0.717) is 37.4 Å². The standard InChI is InChI=1S/C25H28N4O5/c1-32-20-8-6-18(7-9-20)10-12-27-24(30)23-14-22(34-28-23)17-29(16-21-5-3-13-33-21)25(31)19-4-2-11-26-15-19/h2,4,6-9,11,14-15,21H,3,5,10,12-13,16-17H2,1H3,(H,27,30). The molecule has 34 heavy (non-hydrogen) atoms. The number of carbonyl (C=O) groups is 2. The average Bonchev–Trinajstić information content (AvgIpc) is 3.56. The van der Waals surface area contributed by atoms with Crippen LogP contribution in [0.1, 0.15) is 45.0 Å². The SMILES string of the molecule is COc1ccc(CCNC(=O)c2cc(CN(CC3CCCO3)C(=O)c3cccnc3)on2)cc1. The first-order valence-electron chi connectivity index (χ1n) is 11.3. The van der Waals surface area contributed by atoms with Gasteiger partial charge in [-0.3, -0.25) is 14.6 Å². The quantitative estimate of drug-likeness (QED) is 0.492. The van der Waals surface area contributed by atoms with Crippen LogP contribution in [0.25, 0.3) is 0 Å². The second-order valence-electron chi connectivity index (χ2n) is 8.09. The molecule has 1 atom stereocenters. The summed E-state index contributed by atoms with van der Waals surface area (Å²) < 4.78 is 16.3. The Labute approximate surface area is 198 Å². The summed E-state index contributed by atoms with van der Waals surface area (Å²) in [5.41, 5.74) is 1.74. The third kappa shape index (κ3) is 6.20. The highest BCUT2D eigenvalue weighted by molar-refractivity contribution is 5.94. The summed E-state index contributed by atoms with van der Waals surface area (Å²) in [7, 11) is 1.62. The highest BCUT2D eigenvalue weighted by Crippen LogP contribution is 2.18. The zero-order valence-corrected chi connectivity index (χ0v) is 19.1. The Hall–Kier alpha value is -3.72. The fraction of sp³-hybridized carbons (Fsp3) is 0.360. The summed E-state index contributed by atoms with van der Waals surface area (Å²) in [6, 6.07) is 12.7. The molecule has 4 rings (SSSR count). The molecule has 0 aliphatic carbocycles. The maximum absolute atomic E-state index is 13.1. The molecule has 9 nitrogen and oxygen atoms in total. The van der Waals surface area contributed by atoms with Crippen molar-refractivity contribution in [2.45, 2.75) is 31.9 Å². The van der Waals surface area contributed by atoms with Gasteiger partial charge in [0, 0.05) is 38.2 Å². The van der Waals surface area contributed by atoms with E-state index in [0.717, 1.165) is 24.2 Å². The molecule has 0 saturated carbocycles. The molecule has 0 spiro atoms. The van der Waals surface area contributed by atoms with Gasteiger partial charge in [-0.2, -0.15) is 0 Å². The predicted molar refractivity (Wildman–Crippen MR) is 123 cm³/mol. The third-order valence-corrected chi connectivity index (χ3v) is 5.64. The molecule has 1 fully saturated rings. The van der Waals surface area contributed by atoms with Gasteiger partial charge in [0.1, 0.15) is 5.75 Å². The lowest BCUT2D eigenvalue weighted by Crippen LogP contribution is -2.37. The van der Waals surface area contributed by atoms with Crippen LogP contribution in [0, 0.1) is 0 Å². The topological polar surface area (TPSA) is 107 Å². The molecule has 1 aliphatic heterocycles. The molecule has 0 bridgehead atoms. The smallest absolute Gasteiger partial charge is 0.273 e. The first kappa shape index (κ1) is 23.4. The van der Waals surface area contributed by atoms with Crippen LogP contribution < -0.4 is 10.1 Å². The Kier molecular flexibility index (Phi) is 7.87. The maximum atomic E-state index is 13.1. The Bertz CT molecular complexity index is 1080. The van der Waals surface area contributed by atoms with Crippen LogP contribution in [-0.4, -0.2) is 59.8 Å². The molecule has 3 heterocycles. The van der Waals surface area contributed by atoms with Crippen molar-refractivity contribution in [1.82, 2.24) is 20.4 Å². The number of methoxy groups -OCH3 is 1. The van der Waals surface area contributed by atoms with Crippen molar-refractivity contribution in [1.29, 1.82) is 0 Å². The average molecular weight is 465 g/mol. The summed E-state index contributed by atoms with van der Waals surface area (Å²) in [6.07, 6.45) is 5.68. The second-order valence-corrected chi connectivity index (χ2v) is 8.09. The van der Waals surface area contributed by atoms with E-state index in [-0.39, 0.29) is 30.2 Å². The largest absolute Gasteiger partial charge is 0.497 e. The number of aromatic nitrogens is 2. The van der Waals surface area contributed by atoms with E-state index in [4.69, 9.17) is 14.0 Å². The minimum atomic E-state index is -0.326. The van der Waals surface area contributed by atoms with E-state index >= 15 is 0 Å². The zero-order chi connectivity index (χ0) is 23.8. The van der Waals surface area contributed by atoms with E-state index in [9.17, 15) is 9.59 Å². The Balaban J connectivity index is 1.35. The van der Waals surface area contributed by atoms with E-state index in [1.54, 1.807) is 36.4 Å². The minimum absolute atomic E-state index is 0.0238. The number of ether oxygens (including phenoxy) is 2. The fourth-order valence-electron chi connectivity index (χ4n) is 3.81. The van der Waals surface area contributed by atoms with Crippen molar-refractivity contribution in [2.75, 3.05) is 26.8 Å². The zero-order valence-electron chi connectivity index (χ0n) is 19.1. The molecule has 1 aliphatic rings. The van der Waals surface area contributed by atoms with Crippen LogP contribution in [0.15, 0.2) is 59.4 Å². The molecule has 178 valence electrons. The van der Waals surface area contributed by atoms with Crippen molar-refractivity contribution >= 4 is 11.8 Å². The van der Waals surface area contributed by atoms with Gasteiger partial charge < -0.3 is 24.2 Å². The van der Waals surface area contributed by atoms with Gasteiger partial charge in [0.2, 0.25) is 0 Å². The van der Waals surface area contributed by atoms with Gasteiger partial charge in [-0.1, -0.05) is 17.3 Å². The number of rotatable bonds is 10. The number of benzene rings is 1. The molecule has 3 aromatic rings. The highest BCUT2D eigenvalue weighted by Gasteiger charge is 2.25. The van der Waals surface area contributed by atoms with Crippen LogP contribution in [0.4, 0.5) is 0 Å². The van der Waals surface area contributed by atoms with Crippen LogP contribution in [0.5, 0.6) is 5.75 Å². The fourth-order valence-corrected chi connectivity index (χ4v) is 3.81. The lowest BCUT2D eigenvalue weighted by atomic mass is 10.1. The molecule has 9 heteroatoms. The van der Waals surface area contributed by atoms with Crippen molar-refractivity contribution in [3.05, 3.63) is 77.4 Å². The van der Waals surface area contributed by atoms with Crippen LogP contribution >= 0.6 is 0 Å². The van der Waals surface area contributed by atoms with Crippen LogP contribution in [0.3, 0.4) is 0 Å². The summed E-state index contributed by atoms with van der Waals surface area (Å²) >= 11 is 0. The monoisotopic (exact) mass is 464 g/mol. The summed E-state index contributed by atoms with van der Waals surface area (Å²) in [5, 5.41) is 6.74. The van der Waals surface area contributed by atoms with E-state index < -0.39 is 0 Å². The van der Waals surface area contributed by atoms with Crippen molar-refractivity contribution in [3.63, 3.8) is 0 Å². The lowest BCUT2D eigenvalue weighted by molar-refractivity contribution is 0.0486. The normalized spacial score (nSPS) is 15.1. The summed E-state index contributed by atoms with van der Waals surface area (Å²) in [6.45, 7) is 1.76. The molecule has 2 amide bonds. The Morgan fingerprint density at radius 2 is 2.09 bits per heavy atom. The molecule has 1 N–H and O–H groups in total. The molecular formula is C25H28N4O5. The van der Waals surface area contributed by atoms with Gasteiger partial charge in [0.25, 0.3) is 11.8 Å². The number of hydrogen-bond donors (Lipinski definition) is 1. The van der Waals surface area contributed by atoms with Crippen LogP contribution in [0.2, 0.25) is 0 Å². The number of carbonyl (C=O) groups excluding carboxylic acids is 2. The number of pyridine rings is 1. The van der Waals surface area contributed by atoms with Gasteiger partial charge >= 0.3 is 0 Å². The molecule has 1 saturated heterocycles. The number of hydrogen-bond acceptors (Lipinski definition) is 7. The predicted octanol–water partition coefficient (Wildman–Crippen LogP) is 2.87. The first-order chi connectivity index (χ1) is 16.6. The number of amides is 2. The highest BCUT2D eigenvalue weighted by atomic mass is 16.5. The minimum Gasteiger partial charge on any atom is -0.497 e. The van der Waals surface area contributed by atoms with Crippen molar-refractivity contribution in [3.8, 4) is 5.75 Å². The Morgan fingerprint density at radius 3 is 2.79 bits per heavy atom. The maximum Gasteiger partial charge on any atom is 0.273 e. The van der Waals surface area contributed by atoms with Gasteiger partial charge in [-0.25, -0.2) is 0 Å².